The van der Waals surface area contributed by atoms with Crippen molar-refractivity contribution < 1.29 is 19.1 Å². The van der Waals surface area contributed by atoms with Crippen LogP contribution in [0.15, 0.2) is 35.9 Å². The van der Waals surface area contributed by atoms with Crippen LogP contribution in [-0.4, -0.2) is 30.3 Å². The van der Waals surface area contributed by atoms with E-state index in [1.54, 1.807) is 0 Å². The van der Waals surface area contributed by atoms with Crippen LogP contribution in [0, 0.1) is 35.5 Å². The van der Waals surface area contributed by atoms with Crippen molar-refractivity contribution in [2.24, 2.45) is 28.6 Å². The first kappa shape index (κ1) is 24.3. The molecule has 188 valence electrons. The van der Waals surface area contributed by atoms with Crippen molar-refractivity contribution >= 4 is 17.7 Å². The van der Waals surface area contributed by atoms with Crippen LogP contribution in [-0.2, 0) is 14.3 Å². The highest BCUT2D eigenvalue weighted by Crippen LogP contribution is 2.65. The molecule has 5 heteroatoms. The van der Waals surface area contributed by atoms with E-state index in [-0.39, 0.29) is 28.8 Å². The number of rotatable bonds is 5. The molecule has 4 aliphatic rings. The van der Waals surface area contributed by atoms with Gasteiger partial charge < -0.3 is 10.1 Å². The van der Waals surface area contributed by atoms with Gasteiger partial charge in [-0.1, -0.05) is 36.3 Å². The monoisotopic (exact) mass is 477 g/mol. The minimum absolute atomic E-state index is 0.0104. The number of carbonyl (C=O) groups excluding carboxylic acids is 3. The predicted octanol–water partition coefficient (Wildman–Crippen LogP) is 5.56. The fourth-order valence-corrected chi connectivity index (χ4v) is 8.18. The van der Waals surface area contributed by atoms with Gasteiger partial charge in [0.25, 0.3) is 5.91 Å². The summed E-state index contributed by atoms with van der Waals surface area (Å²) in [6.07, 6.45) is 10.8. The standard InChI is InChI=1S/C30H39NO4/c1-19-4-6-21(7-5-19)28(34)31-15-14-30-13-11-26-25(27(30)17-23(33)18-30)9-8-22-16-24(35-20(2)32)10-12-29(22,26)3/h4-8,24-27H,9-18H2,1-3H3,(H,31,34)/t24-,25+,26-,27-,29-,30-/m0/s1. The fraction of sp³-hybridized carbons (Fsp3) is 0.633. The third-order valence-corrected chi connectivity index (χ3v) is 9.95. The molecule has 6 atom stereocenters. The number of esters is 1. The van der Waals surface area contributed by atoms with Crippen LogP contribution in [0.5, 0.6) is 0 Å². The molecule has 35 heavy (non-hydrogen) atoms. The van der Waals surface area contributed by atoms with Crippen molar-refractivity contribution in [1.29, 1.82) is 0 Å². The molecule has 1 amide bonds. The first-order valence-corrected chi connectivity index (χ1v) is 13.4. The highest BCUT2D eigenvalue weighted by atomic mass is 16.5. The third kappa shape index (κ3) is 4.47. The number of ether oxygens (including phenoxy) is 1. The summed E-state index contributed by atoms with van der Waals surface area (Å²) in [5.74, 6) is 1.71. The lowest BCUT2D eigenvalue weighted by molar-refractivity contribution is -0.148. The zero-order chi connectivity index (χ0) is 24.8. The molecule has 1 N–H and O–H groups in total. The SMILES string of the molecule is CC(=O)O[C@H]1CC[C@@]2(C)C(=CC[C@H]3[C@@H]4CC(=O)C[C@@]4(CCNC(=O)c4ccc(C)cc4)CC[C@@H]32)C1. The van der Waals surface area contributed by atoms with Crippen LogP contribution in [0.1, 0.15) is 87.6 Å². The van der Waals surface area contributed by atoms with E-state index in [1.807, 2.05) is 31.2 Å². The highest BCUT2D eigenvalue weighted by Gasteiger charge is 2.58. The van der Waals surface area contributed by atoms with Gasteiger partial charge in [0.1, 0.15) is 11.9 Å². The van der Waals surface area contributed by atoms with Crippen molar-refractivity contribution in [3.63, 3.8) is 0 Å². The Morgan fingerprint density at radius 2 is 1.86 bits per heavy atom. The molecule has 0 aliphatic heterocycles. The number of fused-ring (bicyclic) bond motifs is 5. The summed E-state index contributed by atoms with van der Waals surface area (Å²) in [5, 5.41) is 3.13. The van der Waals surface area contributed by atoms with Gasteiger partial charge in [0.15, 0.2) is 0 Å². The summed E-state index contributed by atoms with van der Waals surface area (Å²) in [7, 11) is 0. The molecular weight excluding hydrogens is 438 g/mol. The molecule has 0 unspecified atom stereocenters. The van der Waals surface area contributed by atoms with Crippen LogP contribution in [0.2, 0.25) is 0 Å². The Morgan fingerprint density at radius 1 is 1.09 bits per heavy atom. The lowest BCUT2D eigenvalue weighted by Crippen LogP contribution is -2.50. The normalized spacial score (nSPS) is 35.9. The molecule has 0 saturated heterocycles. The molecule has 5 nitrogen and oxygen atoms in total. The molecule has 3 saturated carbocycles. The van der Waals surface area contributed by atoms with Crippen LogP contribution >= 0.6 is 0 Å². The number of benzene rings is 1. The summed E-state index contributed by atoms with van der Waals surface area (Å²) < 4.78 is 5.56. The van der Waals surface area contributed by atoms with E-state index in [2.05, 4.69) is 18.3 Å². The molecule has 4 aliphatic carbocycles. The molecule has 3 fully saturated rings. The topological polar surface area (TPSA) is 72.5 Å². The van der Waals surface area contributed by atoms with Gasteiger partial charge in [0.05, 0.1) is 0 Å². The van der Waals surface area contributed by atoms with E-state index in [9.17, 15) is 14.4 Å². The van der Waals surface area contributed by atoms with Crippen molar-refractivity contribution in [2.45, 2.75) is 84.7 Å². The number of hydrogen-bond donors (Lipinski definition) is 1. The number of hydrogen-bond acceptors (Lipinski definition) is 4. The lowest BCUT2D eigenvalue weighted by Gasteiger charge is -2.57. The predicted molar refractivity (Wildman–Crippen MR) is 135 cm³/mol. The summed E-state index contributed by atoms with van der Waals surface area (Å²) in [6, 6.07) is 7.68. The average molecular weight is 478 g/mol. The van der Waals surface area contributed by atoms with Crippen molar-refractivity contribution in [3.05, 3.63) is 47.0 Å². The van der Waals surface area contributed by atoms with E-state index >= 15 is 0 Å². The number of amides is 1. The highest BCUT2D eigenvalue weighted by molar-refractivity contribution is 5.94. The number of Topliss-reactive ketones (excluding diaryl/α,β-unsaturated/α-hetero) is 1. The summed E-state index contributed by atoms with van der Waals surface area (Å²) in [4.78, 5) is 36.9. The van der Waals surface area contributed by atoms with E-state index < -0.39 is 0 Å². The number of aryl methyl sites for hydroxylation is 1. The Kier molecular flexibility index (Phi) is 6.39. The number of carbonyl (C=O) groups is 3. The van der Waals surface area contributed by atoms with Gasteiger partial charge in [-0.25, -0.2) is 0 Å². The maximum absolute atomic E-state index is 12.8. The third-order valence-electron chi connectivity index (χ3n) is 9.95. The Morgan fingerprint density at radius 3 is 2.60 bits per heavy atom. The Bertz CT molecular complexity index is 1040. The second-order valence-corrected chi connectivity index (χ2v) is 11.9. The van der Waals surface area contributed by atoms with Crippen LogP contribution in [0.3, 0.4) is 0 Å². The Hall–Kier alpha value is -2.43. The first-order chi connectivity index (χ1) is 16.7. The van der Waals surface area contributed by atoms with Gasteiger partial charge in [0.2, 0.25) is 0 Å². The molecule has 0 spiro atoms. The van der Waals surface area contributed by atoms with Crippen molar-refractivity contribution in [3.8, 4) is 0 Å². The number of nitrogens with one attached hydrogen (secondary N) is 1. The molecule has 1 aromatic carbocycles. The molecule has 1 aromatic rings. The number of ketones is 1. The molecule has 0 bridgehead atoms. The molecule has 0 aromatic heterocycles. The van der Waals surface area contributed by atoms with Gasteiger partial charge in [-0.15, -0.1) is 0 Å². The van der Waals surface area contributed by atoms with Gasteiger partial charge >= 0.3 is 5.97 Å². The molecule has 0 heterocycles. The summed E-state index contributed by atoms with van der Waals surface area (Å²) >= 11 is 0. The zero-order valence-electron chi connectivity index (χ0n) is 21.4. The maximum atomic E-state index is 12.8. The Balaban J connectivity index is 1.28. The summed E-state index contributed by atoms with van der Waals surface area (Å²) in [6.45, 7) is 6.56. The smallest absolute Gasteiger partial charge is 0.302 e. The van der Waals surface area contributed by atoms with Crippen molar-refractivity contribution in [2.75, 3.05) is 6.54 Å². The largest absolute Gasteiger partial charge is 0.462 e. The van der Waals surface area contributed by atoms with Crippen LogP contribution in [0.4, 0.5) is 0 Å². The van der Waals surface area contributed by atoms with E-state index in [0.29, 0.717) is 48.5 Å². The lowest BCUT2D eigenvalue weighted by atomic mass is 9.47. The van der Waals surface area contributed by atoms with E-state index in [0.717, 1.165) is 50.5 Å². The van der Waals surface area contributed by atoms with Gasteiger partial charge in [-0.2, -0.15) is 0 Å². The van der Waals surface area contributed by atoms with Crippen LogP contribution < -0.4 is 5.32 Å². The zero-order valence-corrected chi connectivity index (χ0v) is 21.4. The average Bonchev–Trinajstić information content (AvgIpc) is 3.15. The van der Waals surface area contributed by atoms with Gasteiger partial charge in [-0.3, -0.25) is 14.4 Å². The second-order valence-electron chi connectivity index (χ2n) is 11.9. The second kappa shape index (κ2) is 9.22. The molecule has 5 rings (SSSR count). The maximum Gasteiger partial charge on any atom is 0.302 e. The Labute approximate surface area is 209 Å². The first-order valence-electron chi connectivity index (χ1n) is 13.4. The van der Waals surface area contributed by atoms with Gasteiger partial charge in [0, 0.05) is 38.3 Å². The number of allylic oxidation sites excluding steroid dienone is 1. The molecule has 0 radical (unpaired) electrons. The van der Waals surface area contributed by atoms with E-state index in [1.165, 1.54) is 12.5 Å². The molecular formula is C30H39NO4. The van der Waals surface area contributed by atoms with Crippen molar-refractivity contribution in [1.82, 2.24) is 5.32 Å². The minimum atomic E-state index is -0.186. The fourth-order valence-electron chi connectivity index (χ4n) is 8.18. The van der Waals surface area contributed by atoms with E-state index in [4.69, 9.17) is 4.74 Å². The quantitative estimate of drug-likeness (QED) is 0.445. The van der Waals surface area contributed by atoms with Gasteiger partial charge in [-0.05, 0) is 86.2 Å². The summed E-state index contributed by atoms with van der Waals surface area (Å²) in [5.41, 5.74) is 3.48. The minimum Gasteiger partial charge on any atom is -0.462 e. The van der Waals surface area contributed by atoms with Crippen LogP contribution in [0.25, 0.3) is 0 Å².